The predicted octanol–water partition coefficient (Wildman–Crippen LogP) is 1.33. The van der Waals surface area contributed by atoms with Crippen molar-refractivity contribution in [3.63, 3.8) is 0 Å². The Morgan fingerprint density at radius 3 is 2.55 bits per heavy atom. The zero-order valence-corrected chi connectivity index (χ0v) is 6.36. The average Bonchev–Trinajstić information content (AvgIpc) is 1.93. The fraction of sp³-hybridized carbons (Fsp3) is 0.222. The Balaban J connectivity index is 2.78. The maximum atomic E-state index is 9.22. The number of benzene rings is 1. The lowest BCUT2D eigenvalue weighted by Crippen LogP contribution is -2.00. The van der Waals surface area contributed by atoms with Crippen molar-refractivity contribution >= 4 is 0 Å². The Labute approximate surface area is 66.1 Å². The summed E-state index contributed by atoms with van der Waals surface area (Å²) in [6.45, 7) is 1.65. The van der Waals surface area contributed by atoms with Gasteiger partial charge in [0.15, 0.2) is 0 Å². The van der Waals surface area contributed by atoms with Crippen LogP contribution in [0.3, 0.4) is 0 Å². The van der Waals surface area contributed by atoms with Crippen LogP contribution in [-0.2, 0) is 0 Å². The van der Waals surface area contributed by atoms with Crippen molar-refractivity contribution in [3.8, 4) is 5.75 Å². The van der Waals surface area contributed by atoms with Gasteiger partial charge in [-0.15, -0.1) is 0 Å². The molecule has 1 radical (unpaired) electrons. The van der Waals surface area contributed by atoms with Crippen molar-refractivity contribution in [1.29, 1.82) is 0 Å². The van der Waals surface area contributed by atoms with Gasteiger partial charge in [0.05, 0.1) is 6.10 Å². The molecule has 0 saturated heterocycles. The highest BCUT2D eigenvalue weighted by Crippen LogP contribution is 2.18. The van der Waals surface area contributed by atoms with Crippen molar-refractivity contribution in [2.75, 3.05) is 0 Å². The molecule has 1 unspecified atom stereocenters. The van der Waals surface area contributed by atoms with Gasteiger partial charge in [0.25, 0.3) is 0 Å². The minimum atomic E-state index is -0.525. The highest BCUT2D eigenvalue weighted by atomic mass is 16.3. The Kier molecular flexibility index (Phi) is 2.49. The van der Waals surface area contributed by atoms with Gasteiger partial charge in [-0.1, -0.05) is 18.2 Å². The normalized spacial score (nSPS) is 12.9. The quantitative estimate of drug-likeness (QED) is 0.669. The van der Waals surface area contributed by atoms with Crippen molar-refractivity contribution < 1.29 is 10.2 Å². The van der Waals surface area contributed by atoms with Gasteiger partial charge in [0, 0.05) is 12.0 Å². The van der Waals surface area contributed by atoms with E-state index in [0.29, 0.717) is 5.56 Å². The summed E-state index contributed by atoms with van der Waals surface area (Å²) < 4.78 is 0. The smallest absolute Gasteiger partial charge is 0.119 e. The third kappa shape index (κ3) is 2.24. The highest BCUT2D eigenvalue weighted by Gasteiger charge is 2.02. The zero-order valence-electron chi connectivity index (χ0n) is 6.36. The van der Waals surface area contributed by atoms with E-state index in [0.717, 1.165) is 0 Å². The van der Waals surface area contributed by atoms with Gasteiger partial charge < -0.3 is 10.2 Å². The molecule has 59 valence electrons. The van der Waals surface area contributed by atoms with Crippen LogP contribution in [0, 0.1) is 6.42 Å². The molecule has 0 aliphatic rings. The first-order valence-electron chi connectivity index (χ1n) is 3.51. The molecule has 2 nitrogen and oxygen atoms in total. The monoisotopic (exact) mass is 151 g/mol. The lowest BCUT2D eigenvalue weighted by molar-refractivity contribution is 0.230. The molecule has 0 fully saturated rings. The zero-order chi connectivity index (χ0) is 8.27. The number of phenols is 1. The van der Waals surface area contributed by atoms with Crippen molar-refractivity contribution in [2.45, 2.75) is 13.0 Å². The third-order valence-corrected chi connectivity index (χ3v) is 1.36. The molecule has 0 saturated carbocycles. The molecule has 11 heavy (non-hydrogen) atoms. The van der Waals surface area contributed by atoms with Crippen LogP contribution in [-0.4, -0.2) is 16.3 Å². The Bertz CT molecular complexity index is 231. The number of aliphatic hydroxyl groups is 1. The van der Waals surface area contributed by atoms with Crippen LogP contribution < -0.4 is 0 Å². The van der Waals surface area contributed by atoms with Crippen LogP contribution in [0.1, 0.15) is 12.5 Å². The summed E-state index contributed by atoms with van der Waals surface area (Å²) >= 11 is 0. The fourth-order valence-electron chi connectivity index (χ4n) is 0.888. The van der Waals surface area contributed by atoms with Gasteiger partial charge in [-0.25, -0.2) is 0 Å². The van der Waals surface area contributed by atoms with Crippen LogP contribution in [0.5, 0.6) is 5.75 Å². The van der Waals surface area contributed by atoms with Crippen molar-refractivity contribution in [2.24, 2.45) is 0 Å². The Morgan fingerprint density at radius 2 is 2.00 bits per heavy atom. The summed E-state index contributed by atoms with van der Waals surface area (Å²) in [6.07, 6.45) is 1.07. The molecule has 0 aliphatic heterocycles. The number of hydrogen-bond donors (Lipinski definition) is 2. The van der Waals surface area contributed by atoms with Crippen molar-refractivity contribution in [3.05, 3.63) is 36.2 Å². The second-order valence-electron chi connectivity index (χ2n) is 2.47. The van der Waals surface area contributed by atoms with Crippen LogP contribution in [0.15, 0.2) is 24.3 Å². The van der Waals surface area contributed by atoms with E-state index in [4.69, 9.17) is 5.11 Å². The lowest BCUT2D eigenvalue weighted by Gasteiger charge is -2.04. The Morgan fingerprint density at radius 1 is 1.36 bits per heavy atom. The summed E-state index contributed by atoms with van der Waals surface area (Å²) in [5.74, 6) is 0.202. The first kappa shape index (κ1) is 8.08. The predicted molar refractivity (Wildman–Crippen MR) is 43.2 cm³/mol. The largest absolute Gasteiger partial charge is 0.508 e. The number of para-hydroxylation sites is 1. The summed E-state index contributed by atoms with van der Waals surface area (Å²) in [5.41, 5.74) is 0.669. The number of hydrogen-bond acceptors (Lipinski definition) is 2. The summed E-state index contributed by atoms with van der Waals surface area (Å²) in [5, 5.41) is 18.2. The second-order valence-corrected chi connectivity index (χ2v) is 2.47. The van der Waals surface area contributed by atoms with E-state index in [9.17, 15) is 5.11 Å². The molecule has 0 bridgehead atoms. The van der Waals surface area contributed by atoms with Gasteiger partial charge in [0.1, 0.15) is 5.75 Å². The van der Waals surface area contributed by atoms with Gasteiger partial charge in [-0.05, 0) is 13.0 Å². The van der Waals surface area contributed by atoms with Crippen molar-refractivity contribution in [1.82, 2.24) is 0 Å². The molecular formula is C9H11O2. The molecule has 1 atom stereocenters. The van der Waals surface area contributed by atoms with E-state index in [1.54, 1.807) is 31.5 Å². The molecule has 0 amide bonds. The first-order valence-corrected chi connectivity index (χ1v) is 3.51. The molecule has 0 spiro atoms. The summed E-state index contributed by atoms with van der Waals surface area (Å²) in [6, 6.07) is 6.90. The lowest BCUT2D eigenvalue weighted by atomic mass is 10.1. The maximum Gasteiger partial charge on any atom is 0.119 e. The van der Waals surface area contributed by atoms with E-state index in [1.165, 1.54) is 0 Å². The molecule has 1 aromatic carbocycles. The molecule has 0 aliphatic carbocycles. The van der Waals surface area contributed by atoms with Gasteiger partial charge in [-0.2, -0.15) is 0 Å². The minimum absolute atomic E-state index is 0.202. The van der Waals surface area contributed by atoms with Crippen LogP contribution in [0.25, 0.3) is 0 Å². The second kappa shape index (κ2) is 3.39. The topological polar surface area (TPSA) is 40.5 Å². The molecule has 2 N–H and O–H groups in total. The average molecular weight is 151 g/mol. The minimum Gasteiger partial charge on any atom is -0.508 e. The molecule has 0 heterocycles. The number of rotatable bonds is 2. The van der Waals surface area contributed by atoms with Crippen LogP contribution in [0.4, 0.5) is 0 Å². The summed E-state index contributed by atoms with van der Waals surface area (Å²) in [7, 11) is 0. The SMILES string of the molecule is CC(O)[CH]c1ccccc1O. The Hall–Kier alpha value is -1.02. The standard InChI is InChI=1S/C9H11O2/c1-7(10)6-8-4-2-3-5-9(8)11/h2-7,10-11H,1H3. The van der Waals surface area contributed by atoms with Crippen LogP contribution >= 0.6 is 0 Å². The summed E-state index contributed by atoms with van der Waals surface area (Å²) in [4.78, 5) is 0. The van der Waals surface area contributed by atoms with Crippen LogP contribution in [0.2, 0.25) is 0 Å². The van der Waals surface area contributed by atoms with E-state index in [2.05, 4.69) is 0 Å². The van der Waals surface area contributed by atoms with Gasteiger partial charge in [0.2, 0.25) is 0 Å². The molecular weight excluding hydrogens is 140 g/mol. The van der Waals surface area contributed by atoms with E-state index >= 15 is 0 Å². The van der Waals surface area contributed by atoms with E-state index in [1.807, 2.05) is 6.07 Å². The molecule has 1 rings (SSSR count). The fourth-order valence-corrected chi connectivity index (χ4v) is 0.888. The molecule has 0 aromatic heterocycles. The number of phenolic OH excluding ortho intramolecular Hbond substituents is 1. The number of aliphatic hydroxyl groups excluding tert-OH is 1. The van der Waals surface area contributed by atoms with Gasteiger partial charge >= 0.3 is 0 Å². The van der Waals surface area contributed by atoms with Gasteiger partial charge in [-0.3, -0.25) is 0 Å². The van der Waals surface area contributed by atoms with E-state index in [-0.39, 0.29) is 5.75 Å². The van der Waals surface area contributed by atoms with E-state index < -0.39 is 6.10 Å². The molecule has 2 heteroatoms. The number of aromatic hydroxyl groups is 1. The first-order chi connectivity index (χ1) is 5.20. The third-order valence-electron chi connectivity index (χ3n) is 1.36. The molecule has 1 aromatic rings. The highest BCUT2D eigenvalue weighted by molar-refractivity contribution is 5.37. The maximum absolute atomic E-state index is 9.22.